The molecule has 0 atom stereocenters. The smallest absolute Gasteiger partial charge is 0.306 e. The van der Waals surface area contributed by atoms with Crippen LogP contribution < -0.4 is 5.32 Å². The lowest BCUT2D eigenvalue weighted by molar-refractivity contribution is -0.142. The van der Waals surface area contributed by atoms with Crippen molar-refractivity contribution in [3.05, 3.63) is 23.0 Å². The van der Waals surface area contributed by atoms with Crippen LogP contribution in [-0.2, 0) is 4.79 Å². The molecule has 0 radical (unpaired) electrons. The largest absolute Gasteiger partial charge is 0.481 e. The highest BCUT2D eigenvalue weighted by molar-refractivity contribution is 6.30. The number of hydrogen-bond acceptors (Lipinski definition) is 2. The van der Waals surface area contributed by atoms with E-state index in [0.717, 1.165) is 0 Å². The van der Waals surface area contributed by atoms with Crippen LogP contribution in [0.4, 0.5) is 0 Å². The van der Waals surface area contributed by atoms with Gasteiger partial charge in [-0.2, -0.15) is 0 Å². The normalized spacial score (nSPS) is 23.6. The van der Waals surface area contributed by atoms with E-state index in [1.165, 1.54) is 0 Å². The maximum Gasteiger partial charge on any atom is 0.306 e. The van der Waals surface area contributed by atoms with Gasteiger partial charge in [0.05, 0.1) is 10.9 Å². The Labute approximate surface area is 110 Å². The predicted octanol–water partition coefficient (Wildman–Crippen LogP) is 2.04. The van der Waals surface area contributed by atoms with E-state index in [0.29, 0.717) is 36.4 Å². The predicted molar refractivity (Wildman–Crippen MR) is 66.7 cm³/mol. The minimum absolute atomic E-state index is 0.0511. The van der Waals surface area contributed by atoms with Gasteiger partial charge < -0.3 is 15.4 Å². The average molecular weight is 271 g/mol. The summed E-state index contributed by atoms with van der Waals surface area (Å²) in [6.07, 6.45) is 4.20. The topological polar surface area (TPSA) is 82.2 Å². The van der Waals surface area contributed by atoms with Crippen molar-refractivity contribution in [1.82, 2.24) is 10.3 Å². The van der Waals surface area contributed by atoms with Crippen molar-refractivity contribution in [2.45, 2.75) is 31.7 Å². The summed E-state index contributed by atoms with van der Waals surface area (Å²) in [5.74, 6) is -1.20. The molecular formula is C12H15ClN2O3. The molecule has 5 nitrogen and oxygen atoms in total. The summed E-state index contributed by atoms with van der Waals surface area (Å²) in [6.45, 7) is 0. The van der Waals surface area contributed by atoms with Gasteiger partial charge in [-0.25, -0.2) is 0 Å². The molecule has 0 bridgehead atoms. The van der Waals surface area contributed by atoms with Crippen molar-refractivity contribution in [3.63, 3.8) is 0 Å². The van der Waals surface area contributed by atoms with Gasteiger partial charge in [0, 0.05) is 12.2 Å². The fourth-order valence-electron chi connectivity index (χ4n) is 2.25. The number of carboxylic acid groups (broad SMARTS) is 1. The molecule has 0 aromatic carbocycles. The van der Waals surface area contributed by atoms with Crippen molar-refractivity contribution in [2.75, 3.05) is 0 Å². The Hall–Kier alpha value is -1.49. The number of carbonyl (C=O) groups excluding carboxylic acids is 1. The van der Waals surface area contributed by atoms with Gasteiger partial charge in [0.1, 0.15) is 5.69 Å². The van der Waals surface area contributed by atoms with E-state index in [4.69, 9.17) is 16.7 Å². The van der Waals surface area contributed by atoms with Crippen molar-refractivity contribution in [2.24, 2.45) is 5.92 Å². The highest BCUT2D eigenvalue weighted by atomic mass is 35.5. The molecule has 1 fully saturated rings. The monoisotopic (exact) mass is 270 g/mol. The van der Waals surface area contributed by atoms with Gasteiger partial charge >= 0.3 is 5.97 Å². The van der Waals surface area contributed by atoms with E-state index in [9.17, 15) is 9.59 Å². The Kier molecular flexibility index (Phi) is 3.91. The van der Waals surface area contributed by atoms with Gasteiger partial charge in [-0.3, -0.25) is 9.59 Å². The second-order valence-corrected chi connectivity index (χ2v) is 5.03. The molecule has 3 N–H and O–H groups in total. The molecule has 1 aromatic rings. The van der Waals surface area contributed by atoms with Gasteiger partial charge in [-0.05, 0) is 31.7 Å². The van der Waals surface area contributed by atoms with Gasteiger partial charge in [0.25, 0.3) is 5.91 Å². The fourth-order valence-corrected chi connectivity index (χ4v) is 2.41. The SMILES string of the molecule is O=C(NC1CCC(C(=O)O)CC1)c1cc(Cl)c[nH]1. The fraction of sp³-hybridized carbons (Fsp3) is 0.500. The van der Waals surface area contributed by atoms with E-state index in [-0.39, 0.29) is 17.9 Å². The van der Waals surface area contributed by atoms with E-state index < -0.39 is 5.97 Å². The van der Waals surface area contributed by atoms with Crippen LogP contribution >= 0.6 is 11.6 Å². The van der Waals surface area contributed by atoms with Gasteiger partial charge in [-0.15, -0.1) is 0 Å². The molecule has 1 amide bonds. The lowest BCUT2D eigenvalue weighted by Gasteiger charge is -2.26. The summed E-state index contributed by atoms with van der Waals surface area (Å²) in [5, 5.41) is 12.3. The molecule has 2 rings (SSSR count). The number of amides is 1. The quantitative estimate of drug-likeness (QED) is 0.786. The van der Waals surface area contributed by atoms with Crippen LogP contribution in [0.1, 0.15) is 36.2 Å². The van der Waals surface area contributed by atoms with Crippen LogP contribution in [-0.4, -0.2) is 28.0 Å². The van der Waals surface area contributed by atoms with Crippen LogP contribution in [0.2, 0.25) is 5.02 Å². The minimum Gasteiger partial charge on any atom is -0.481 e. The van der Waals surface area contributed by atoms with Gasteiger partial charge in [0.15, 0.2) is 0 Å². The highest BCUT2D eigenvalue weighted by Crippen LogP contribution is 2.24. The summed E-state index contributed by atoms with van der Waals surface area (Å²) in [7, 11) is 0. The number of halogens is 1. The minimum atomic E-state index is -0.740. The summed E-state index contributed by atoms with van der Waals surface area (Å²) >= 11 is 5.72. The second kappa shape index (κ2) is 5.44. The molecule has 0 saturated heterocycles. The molecule has 18 heavy (non-hydrogen) atoms. The standard InChI is InChI=1S/C12H15ClN2O3/c13-8-5-10(14-6-8)11(16)15-9-3-1-7(2-4-9)12(17)18/h5-7,9,14H,1-4H2,(H,15,16)(H,17,18). The molecule has 1 aliphatic rings. The summed E-state index contributed by atoms with van der Waals surface area (Å²) < 4.78 is 0. The lowest BCUT2D eigenvalue weighted by atomic mass is 9.86. The van der Waals surface area contributed by atoms with Crippen LogP contribution in [0.3, 0.4) is 0 Å². The van der Waals surface area contributed by atoms with Crippen LogP contribution in [0, 0.1) is 5.92 Å². The molecule has 0 aliphatic heterocycles. The second-order valence-electron chi connectivity index (χ2n) is 4.59. The summed E-state index contributed by atoms with van der Waals surface area (Å²) in [4.78, 5) is 25.4. The summed E-state index contributed by atoms with van der Waals surface area (Å²) in [5.41, 5.74) is 0.431. The van der Waals surface area contributed by atoms with E-state index >= 15 is 0 Å². The Balaban J connectivity index is 1.85. The molecule has 1 heterocycles. The number of nitrogens with one attached hydrogen (secondary N) is 2. The molecule has 1 aromatic heterocycles. The first-order valence-corrected chi connectivity index (χ1v) is 6.31. The zero-order chi connectivity index (χ0) is 13.1. The Morgan fingerprint density at radius 2 is 2.00 bits per heavy atom. The van der Waals surface area contributed by atoms with Crippen molar-refractivity contribution >= 4 is 23.5 Å². The van der Waals surface area contributed by atoms with Gasteiger partial charge in [0.2, 0.25) is 0 Å². The number of hydrogen-bond donors (Lipinski definition) is 3. The third-order valence-corrected chi connectivity index (χ3v) is 3.52. The molecule has 1 aliphatic carbocycles. The number of aliphatic carboxylic acids is 1. The number of aromatic nitrogens is 1. The maximum absolute atomic E-state index is 11.8. The molecule has 0 spiro atoms. The zero-order valence-electron chi connectivity index (χ0n) is 9.78. The first kappa shape index (κ1) is 13.0. The van der Waals surface area contributed by atoms with E-state index in [1.807, 2.05) is 0 Å². The first-order chi connectivity index (χ1) is 8.56. The van der Waals surface area contributed by atoms with Crippen molar-refractivity contribution in [1.29, 1.82) is 0 Å². The number of rotatable bonds is 3. The Bertz CT molecular complexity index is 450. The van der Waals surface area contributed by atoms with Crippen LogP contribution in [0.5, 0.6) is 0 Å². The molecular weight excluding hydrogens is 256 g/mol. The van der Waals surface area contributed by atoms with Gasteiger partial charge in [-0.1, -0.05) is 11.6 Å². The van der Waals surface area contributed by atoms with E-state index in [1.54, 1.807) is 12.3 Å². The van der Waals surface area contributed by atoms with E-state index in [2.05, 4.69) is 10.3 Å². The maximum atomic E-state index is 11.8. The Morgan fingerprint density at radius 1 is 1.33 bits per heavy atom. The number of carbonyl (C=O) groups is 2. The van der Waals surface area contributed by atoms with Crippen LogP contribution in [0.25, 0.3) is 0 Å². The Morgan fingerprint density at radius 3 is 2.50 bits per heavy atom. The number of aromatic amines is 1. The molecule has 0 unspecified atom stereocenters. The highest BCUT2D eigenvalue weighted by Gasteiger charge is 2.27. The first-order valence-electron chi connectivity index (χ1n) is 5.94. The zero-order valence-corrected chi connectivity index (χ0v) is 10.5. The number of carboxylic acids is 1. The molecule has 1 saturated carbocycles. The lowest BCUT2D eigenvalue weighted by Crippen LogP contribution is -2.38. The summed E-state index contributed by atoms with van der Waals surface area (Å²) in [6, 6.07) is 1.62. The third kappa shape index (κ3) is 3.04. The third-order valence-electron chi connectivity index (χ3n) is 3.30. The van der Waals surface area contributed by atoms with Crippen LogP contribution in [0.15, 0.2) is 12.3 Å². The van der Waals surface area contributed by atoms with Crippen molar-refractivity contribution < 1.29 is 14.7 Å². The van der Waals surface area contributed by atoms with Crippen molar-refractivity contribution in [3.8, 4) is 0 Å². The number of H-pyrrole nitrogens is 1. The average Bonchev–Trinajstić information content (AvgIpc) is 2.76. The molecule has 6 heteroatoms. The molecule has 98 valence electrons.